The maximum atomic E-state index is 5.91. The van der Waals surface area contributed by atoms with Crippen LogP contribution in [0.3, 0.4) is 0 Å². The van der Waals surface area contributed by atoms with E-state index in [4.69, 9.17) is 9.47 Å². The first-order valence-corrected chi connectivity index (χ1v) is 7.87. The van der Waals surface area contributed by atoms with E-state index < -0.39 is 0 Å². The smallest absolute Gasteiger partial charge is 0.169 e. The largest absolute Gasteiger partial charge is 0.493 e. The zero-order valence-corrected chi connectivity index (χ0v) is 12.8. The number of nitrogens with zero attached hydrogens (tertiary/aromatic N) is 1. The molecule has 1 aromatic carbocycles. The summed E-state index contributed by atoms with van der Waals surface area (Å²) in [5.41, 5.74) is 3.70. The third-order valence-electron chi connectivity index (χ3n) is 4.26. The Kier molecular flexibility index (Phi) is 3.37. The van der Waals surface area contributed by atoms with Crippen LogP contribution in [0.2, 0.25) is 0 Å². The van der Waals surface area contributed by atoms with Gasteiger partial charge in [0.05, 0.1) is 13.2 Å². The Balaban J connectivity index is 1.50. The highest BCUT2D eigenvalue weighted by Gasteiger charge is 2.21. The number of benzene rings is 1. The molecule has 0 amide bonds. The molecule has 0 bridgehead atoms. The second-order valence-corrected chi connectivity index (χ2v) is 6.12. The fourth-order valence-corrected chi connectivity index (χ4v) is 3.19. The molecule has 0 radical (unpaired) electrons. The van der Waals surface area contributed by atoms with Gasteiger partial charge < -0.3 is 14.8 Å². The van der Waals surface area contributed by atoms with Crippen molar-refractivity contribution in [3.63, 3.8) is 0 Å². The highest BCUT2D eigenvalue weighted by Crippen LogP contribution is 2.31. The average molecular weight is 296 g/mol. The summed E-state index contributed by atoms with van der Waals surface area (Å²) in [5.74, 6) is 3.24. The number of hydrogen-bond acceptors (Lipinski definition) is 4. The van der Waals surface area contributed by atoms with Gasteiger partial charge in [0.25, 0.3) is 0 Å². The average Bonchev–Trinajstić information content (AvgIpc) is 2.54. The lowest BCUT2D eigenvalue weighted by Crippen LogP contribution is -2.24. The van der Waals surface area contributed by atoms with Crippen LogP contribution in [-0.2, 0) is 12.8 Å². The van der Waals surface area contributed by atoms with Crippen LogP contribution in [0, 0.1) is 12.8 Å². The van der Waals surface area contributed by atoms with E-state index in [1.807, 2.05) is 6.07 Å². The minimum absolute atomic E-state index is 0.476. The Bertz CT molecular complexity index is 699. The zero-order valence-electron chi connectivity index (χ0n) is 12.8. The van der Waals surface area contributed by atoms with E-state index in [2.05, 4.69) is 41.5 Å². The number of rotatable bonds is 2. The van der Waals surface area contributed by atoms with Crippen LogP contribution in [0.4, 0.5) is 5.82 Å². The van der Waals surface area contributed by atoms with Gasteiger partial charge in [-0.15, -0.1) is 0 Å². The lowest BCUT2D eigenvalue weighted by atomic mass is 9.92. The highest BCUT2D eigenvalue weighted by molar-refractivity contribution is 5.52. The van der Waals surface area contributed by atoms with Crippen LogP contribution in [-0.4, -0.2) is 24.7 Å². The molecule has 4 heteroatoms. The fraction of sp³-hybridized carbons (Fsp3) is 0.389. The van der Waals surface area contributed by atoms with E-state index in [9.17, 15) is 0 Å². The molecule has 1 N–H and O–H groups in total. The third-order valence-corrected chi connectivity index (χ3v) is 4.26. The molecule has 0 saturated carbocycles. The quantitative estimate of drug-likeness (QED) is 0.925. The minimum Gasteiger partial charge on any atom is -0.493 e. The first-order valence-electron chi connectivity index (χ1n) is 7.87. The number of aryl methyl sites for hydroxylation is 1. The van der Waals surface area contributed by atoms with E-state index in [0.717, 1.165) is 49.0 Å². The van der Waals surface area contributed by atoms with E-state index >= 15 is 0 Å². The van der Waals surface area contributed by atoms with Gasteiger partial charge in [0.2, 0.25) is 0 Å². The number of aromatic nitrogens is 1. The van der Waals surface area contributed by atoms with Crippen molar-refractivity contribution < 1.29 is 9.47 Å². The van der Waals surface area contributed by atoms with Crippen LogP contribution in [0.25, 0.3) is 0 Å². The molecule has 114 valence electrons. The molecule has 1 aromatic heterocycles. The van der Waals surface area contributed by atoms with Crippen molar-refractivity contribution in [2.24, 2.45) is 5.92 Å². The van der Waals surface area contributed by atoms with Gasteiger partial charge in [-0.2, -0.15) is 0 Å². The molecule has 22 heavy (non-hydrogen) atoms. The Morgan fingerprint density at radius 3 is 3.05 bits per heavy atom. The molecule has 2 aliphatic rings. The summed E-state index contributed by atoms with van der Waals surface area (Å²) in [5, 5.41) is 3.30. The van der Waals surface area contributed by atoms with Crippen LogP contribution in [0.1, 0.15) is 16.8 Å². The minimum atomic E-state index is 0.476. The monoisotopic (exact) mass is 296 g/mol. The molecule has 0 aliphatic carbocycles. The Labute approximate surface area is 130 Å². The van der Waals surface area contributed by atoms with Crippen LogP contribution in [0.15, 0.2) is 30.3 Å². The van der Waals surface area contributed by atoms with Gasteiger partial charge in [-0.3, -0.25) is 0 Å². The SMILES string of the molecule is Cc1ccc2c(c1)CC(Cc1ccc3c(n1)NCCO3)CO2. The lowest BCUT2D eigenvalue weighted by molar-refractivity contribution is 0.220. The molecule has 2 aliphatic heterocycles. The molecule has 4 nitrogen and oxygen atoms in total. The number of ether oxygens (including phenoxy) is 2. The van der Waals surface area contributed by atoms with Gasteiger partial charge in [0.15, 0.2) is 11.6 Å². The molecular formula is C18H20N2O2. The molecule has 0 spiro atoms. The fourth-order valence-electron chi connectivity index (χ4n) is 3.19. The number of anilines is 1. The van der Waals surface area contributed by atoms with Crippen molar-refractivity contribution in [2.75, 3.05) is 25.1 Å². The van der Waals surface area contributed by atoms with Crippen molar-refractivity contribution in [2.45, 2.75) is 19.8 Å². The lowest BCUT2D eigenvalue weighted by Gasteiger charge is -2.26. The summed E-state index contributed by atoms with van der Waals surface area (Å²) >= 11 is 0. The summed E-state index contributed by atoms with van der Waals surface area (Å²) in [6.07, 6.45) is 1.99. The second-order valence-electron chi connectivity index (χ2n) is 6.12. The van der Waals surface area contributed by atoms with Gasteiger partial charge in [-0.25, -0.2) is 4.98 Å². The van der Waals surface area contributed by atoms with Gasteiger partial charge in [0.1, 0.15) is 12.4 Å². The molecular weight excluding hydrogens is 276 g/mol. The second kappa shape index (κ2) is 5.52. The first kappa shape index (κ1) is 13.4. The molecule has 1 unspecified atom stereocenters. The van der Waals surface area contributed by atoms with Crippen molar-refractivity contribution in [3.8, 4) is 11.5 Å². The molecule has 3 heterocycles. The molecule has 0 saturated heterocycles. The van der Waals surface area contributed by atoms with Crippen LogP contribution >= 0.6 is 0 Å². The summed E-state index contributed by atoms with van der Waals surface area (Å²) in [6, 6.07) is 10.5. The zero-order chi connectivity index (χ0) is 14.9. The summed E-state index contributed by atoms with van der Waals surface area (Å²) in [4.78, 5) is 4.69. The van der Waals surface area contributed by atoms with Crippen molar-refractivity contribution in [3.05, 3.63) is 47.2 Å². The first-order chi connectivity index (χ1) is 10.8. The van der Waals surface area contributed by atoms with E-state index in [-0.39, 0.29) is 0 Å². The summed E-state index contributed by atoms with van der Waals surface area (Å²) < 4.78 is 11.5. The Morgan fingerprint density at radius 1 is 1.18 bits per heavy atom. The van der Waals surface area contributed by atoms with Gasteiger partial charge in [0, 0.05) is 11.6 Å². The van der Waals surface area contributed by atoms with E-state index in [1.165, 1.54) is 11.1 Å². The number of pyridine rings is 1. The highest BCUT2D eigenvalue weighted by atomic mass is 16.5. The van der Waals surface area contributed by atoms with Crippen molar-refractivity contribution in [1.82, 2.24) is 4.98 Å². The van der Waals surface area contributed by atoms with Crippen LogP contribution in [0.5, 0.6) is 11.5 Å². The van der Waals surface area contributed by atoms with E-state index in [1.54, 1.807) is 0 Å². The molecule has 1 atom stereocenters. The number of hydrogen-bond donors (Lipinski definition) is 1. The van der Waals surface area contributed by atoms with Gasteiger partial charge in [-0.1, -0.05) is 17.7 Å². The van der Waals surface area contributed by atoms with Gasteiger partial charge >= 0.3 is 0 Å². The molecule has 2 aromatic rings. The summed E-state index contributed by atoms with van der Waals surface area (Å²) in [6.45, 7) is 4.42. The number of fused-ring (bicyclic) bond motifs is 2. The maximum absolute atomic E-state index is 5.91. The molecule has 0 fully saturated rings. The Morgan fingerprint density at radius 2 is 2.09 bits per heavy atom. The normalized spacial score (nSPS) is 19.2. The van der Waals surface area contributed by atoms with Crippen molar-refractivity contribution in [1.29, 1.82) is 0 Å². The van der Waals surface area contributed by atoms with Gasteiger partial charge in [-0.05, 0) is 43.5 Å². The molecule has 4 rings (SSSR count). The standard InChI is InChI=1S/C18H20N2O2/c1-12-2-4-16-14(8-12)9-13(11-22-16)10-15-3-5-17-18(20-15)19-6-7-21-17/h2-5,8,13H,6-7,9-11H2,1H3,(H,19,20). The topological polar surface area (TPSA) is 43.4 Å². The number of nitrogens with one attached hydrogen (secondary N) is 1. The third kappa shape index (κ3) is 2.61. The van der Waals surface area contributed by atoms with E-state index in [0.29, 0.717) is 12.5 Å². The predicted molar refractivity (Wildman–Crippen MR) is 85.8 cm³/mol. The van der Waals surface area contributed by atoms with Crippen LogP contribution < -0.4 is 14.8 Å². The maximum Gasteiger partial charge on any atom is 0.169 e. The predicted octanol–water partition coefficient (Wildman–Crippen LogP) is 2.99. The van der Waals surface area contributed by atoms with Crippen molar-refractivity contribution >= 4 is 5.82 Å². The summed E-state index contributed by atoms with van der Waals surface area (Å²) in [7, 11) is 0. The Hall–Kier alpha value is -2.23.